The largest absolute Gasteiger partial charge is 0.479 e. The van der Waals surface area contributed by atoms with E-state index in [1.165, 1.54) is 4.90 Å². The smallest absolute Gasteiger partial charge is 0.331 e. The Labute approximate surface area is 141 Å². The van der Waals surface area contributed by atoms with Gasteiger partial charge in [-0.2, -0.15) is 0 Å². The normalized spacial score (nSPS) is 17.9. The van der Waals surface area contributed by atoms with Crippen molar-refractivity contribution < 1.29 is 14.7 Å². The molecule has 0 aliphatic carbocycles. The third-order valence-electron chi connectivity index (χ3n) is 4.71. The summed E-state index contributed by atoms with van der Waals surface area (Å²) < 4.78 is 0. The fourth-order valence-electron chi connectivity index (χ4n) is 3.51. The van der Waals surface area contributed by atoms with Crippen molar-refractivity contribution >= 4 is 11.9 Å². The first-order valence-corrected chi connectivity index (χ1v) is 8.29. The van der Waals surface area contributed by atoms with Crippen LogP contribution < -0.4 is 0 Å². The second-order valence-electron chi connectivity index (χ2n) is 6.09. The minimum absolute atomic E-state index is 0.106. The summed E-state index contributed by atoms with van der Waals surface area (Å²) in [5, 5.41) is 9.74. The molecular formula is C20H21NO3. The Kier molecular flexibility index (Phi) is 4.65. The molecule has 1 aliphatic heterocycles. The quantitative estimate of drug-likeness (QED) is 0.938. The van der Waals surface area contributed by atoms with Crippen molar-refractivity contribution in [3.05, 3.63) is 71.3 Å². The molecule has 0 radical (unpaired) electrons. The van der Waals surface area contributed by atoms with Gasteiger partial charge in [-0.1, -0.05) is 61.5 Å². The van der Waals surface area contributed by atoms with E-state index in [2.05, 4.69) is 0 Å². The number of carbonyl (C=O) groups excluding carboxylic acids is 1. The van der Waals surface area contributed by atoms with Gasteiger partial charge in [0.05, 0.1) is 5.92 Å². The molecule has 1 N–H and O–H groups in total. The van der Waals surface area contributed by atoms with Crippen LogP contribution in [-0.4, -0.2) is 28.4 Å². The number of carboxylic acids is 1. The fourth-order valence-corrected chi connectivity index (χ4v) is 3.51. The van der Waals surface area contributed by atoms with Crippen molar-refractivity contribution in [2.24, 2.45) is 0 Å². The summed E-state index contributed by atoms with van der Waals surface area (Å²) in [6, 6.07) is 16.2. The van der Waals surface area contributed by atoms with Crippen LogP contribution in [-0.2, 0) is 16.0 Å². The third kappa shape index (κ3) is 2.92. The lowest BCUT2D eigenvalue weighted by Crippen LogP contribution is -2.45. The van der Waals surface area contributed by atoms with Gasteiger partial charge in [-0.3, -0.25) is 4.79 Å². The van der Waals surface area contributed by atoms with Gasteiger partial charge in [0, 0.05) is 6.54 Å². The predicted octanol–water partition coefficient (Wildman–Crippen LogP) is 3.39. The number of benzene rings is 2. The highest BCUT2D eigenvalue weighted by atomic mass is 16.4. The van der Waals surface area contributed by atoms with Crippen LogP contribution in [0.25, 0.3) is 0 Å². The highest BCUT2D eigenvalue weighted by molar-refractivity contribution is 5.89. The van der Waals surface area contributed by atoms with E-state index in [0.717, 1.165) is 16.7 Å². The van der Waals surface area contributed by atoms with Gasteiger partial charge in [0.2, 0.25) is 5.91 Å². The van der Waals surface area contributed by atoms with Crippen molar-refractivity contribution in [2.75, 3.05) is 6.54 Å². The summed E-state index contributed by atoms with van der Waals surface area (Å²) in [5.74, 6) is -1.39. The minimum Gasteiger partial charge on any atom is -0.479 e. The molecule has 0 fully saturated rings. The Hall–Kier alpha value is -2.62. The van der Waals surface area contributed by atoms with E-state index >= 15 is 0 Å². The first-order valence-electron chi connectivity index (χ1n) is 8.29. The molecule has 1 aliphatic rings. The lowest BCUT2D eigenvalue weighted by molar-refractivity contribution is -0.152. The molecule has 1 heterocycles. The van der Waals surface area contributed by atoms with Crippen LogP contribution in [0.1, 0.15) is 42.0 Å². The standard InChI is InChI=1S/C20H21NO3/c1-2-16(14-8-4-3-5-9-14)19(22)21-13-12-15-10-6-7-11-17(15)18(21)20(23)24/h3-11,16,18H,2,12-13H2,1H3,(H,23,24). The maximum absolute atomic E-state index is 13.1. The molecule has 2 unspecified atom stereocenters. The van der Waals surface area contributed by atoms with Crippen LogP contribution >= 0.6 is 0 Å². The van der Waals surface area contributed by atoms with E-state index < -0.39 is 12.0 Å². The number of carboxylic acid groups (broad SMARTS) is 1. The van der Waals surface area contributed by atoms with Gasteiger partial charge in [-0.25, -0.2) is 4.79 Å². The summed E-state index contributed by atoms with van der Waals surface area (Å²) in [6.45, 7) is 2.40. The average Bonchev–Trinajstić information content (AvgIpc) is 2.62. The van der Waals surface area contributed by atoms with Crippen LogP contribution in [0.5, 0.6) is 0 Å². The maximum atomic E-state index is 13.1. The number of fused-ring (bicyclic) bond motifs is 1. The van der Waals surface area contributed by atoms with Crippen LogP contribution in [0.3, 0.4) is 0 Å². The predicted molar refractivity (Wildman–Crippen MR) is 91.7 cm³/mol. The van der Waals surface area contributed by atoms with E-state index in [1.54, 1.807) is 0 Å². The highest BCUT2D eigenvalue weighted by Crippen LogP contribution is 2.33. The van der Waals surface area contributed by atoms with Crippen molar-refractivity contribution in [1.29, 1.82) is 0 Å². The molecule has 1 amide bonds. The van der Waals surface area contributed by atoms with Gasteiger partial charge < -0.3 is 10.0 Å². The molecule has 0 saturated heterocycles. The number of aliphatic carboxylic acids is 1. The van der Waals surface area contributed by atoms with Gasteiger partial charge in [0.1, 0.15) is 0 Å². The SMILES string of the molecule is CCC(C(=O)N1CCc2ccccc2C1C(=O)O)c1ccccc1. The molecule has 4 nitrogen and oxygen atoms in total. The Morgan fingerprint density at radius 3 is 2.46 bits per heavy atom. The highest BCUT2D eigenvalue weighted by Gasteiger charge is 2.38. The topological polar surface area (TPSA) is 57.6 Å². The van der Waals surface area contributed by atoms with Gasteiger partial charge >= 0.3 is 5.97 Å². The molecule has 24 heavy (non-hydrogen) atoms. The van der Waals surface area contributed by atoms with Gasteiger partial charge in [0.15, 0.2) is 6.04 Å². The summed E-state index contributed by atoms with van der Waals surface area (Å²) in [4.78, 5) is 26.5. The zero-order valence-corrected chi connectivity index (χ0v) is 13.7. The van der Waals surface area contributed by atoms with E-state index in [9.17, 15) is 14.7 Å². The van der Waals surface area contributed by atoms with E-state index in [1.807, 2.05) is 61.5 Å². The number of rotatable bonds is 4. The van der Waals surface area contributed by atoms with Crippen LogP contribution in [0, 0.1) is 0 Å². The summed E-state index contributed by atoms with van der Waals surface area (Å²) >= 11 is 0. The Morgan fingerprint density at radius 2 is 1.79 bits per heavy atom. The molecule has 0 spiro atoms. The van der Waals surface area contributed by atoms with Crippen LogP contribution in [0.4, 0.5) is 0 Å². The molecule has 3 rings (SSSR count). The summed E-state index contributed by atoms with van der Waals surface area (Å²) in [6.07, 6.45) is 1.34. The van der Waals surface area contributed by atoms with Gasteiger partial charge in [-0.05, 0) is 29.5 Å². The second-order valence-corrected chi connectivity index (χ2v) is 6.09. The van der Waals surface area contributed by atoms with E-state index in [4.69, 9.17) is 0 Å². The lowest BCUT2D eigenvalue weighted by Gasteiger charge is -2.36. The maximum Gasteiger partial charge on any atom is 0.331 e. The number of amides is 1. The van der Waals surface area contributed by atoms with Crippen molar-refractivity contribution in [3.8, 4) is 0 Å². The van der Waals surface area contributed by atoms with Crippen LogP contribution in [0.15, 0.2) is 54.6 Å². The minimum atomic E-state index is -0.974. The average molecular weight is 323 g/mol. The number of carbonyl (C=O) groups is 2. The Morgan fingerprint density at radius 1 is 1.12 bits per heavy atom. The third-order valence-corrected chi connectivity index (χ3v) is 4.71. The zero-order valence-electron chi connectivity index (χ0n) is 13.7. The molecule has 0 bridgehead atoms. The fraction of sp³-hybridized carbons (Fsp3) is 0.300. The molecule has 0 saturated carbocycles. The van der Waals surface area contributed by atoms with Gasteiger partial charge in [0.25, 0.3) is 0 Å². The monoisotopic (exact) mass is 323 g/mol. The number of hydrogen-bond acceptors (Lipinski definition) is 2. The molecule has 2 aromatic carbocycles. The van der Waals surface area contributed by atoms with Crippen molar-refractivity contribution in [1.82, 2.24) is 4.90 Å². The summed E-state index contributed by atoms with van der Waals surface area (Å²) in [5.41, 5.74) is 2.68. The van der Waals surface area contributed by atoms with Gasteiger partial charge in [-0.15, -0.1) is 0 Å². The zero-order chi connectivity index (χ0) is 17.1. The second kappa shape index (κ2) is 6.87. The first kappa shape index (κ1) is 16.2. The molecule has 0 aromatic heterocycles. The van der Waals surface area contributed by atoms with Crippen LogP contribution in [0.2, 0.25) is 0 Å². The van der Waals surface area contributed by atoms with Crippen molar-refractivity contribution in [2.45, 2.75) is 31.7 Å². The molecule has 124 valence electrons. The number of hydrogen-bond donors (Lipinski definition) is 1. The van der Waals surface area contributed by atoms with E-state index in [-0.39, 0.29) is 11.8 Å². The van der Waals surface area contributed by atoms with Crippen molar-refractivity contribution in [3.63, 3.8) is 0 Å². The lowest BCUT2D eigenvalue weighted by atomic mass is 9.89. The number of nitrogens with zero attached hydrogens (tertiary/aromatic N) is 1. The Balaban J connectivity index is 1.95. The first-order chi connectivity index (χ1) is 11.6. The molecule has 2 atom stereocenters. The molecule has 2 aromatic rings. The molecule has 4 heteroatoms. The Bertz CT molecular complexity index is 742. The van der Waals surface area contributed by atoms with E-state index in [0.29, 0.717) is 19.4 Å². The summed E-state index contributed by atoms with van der Waals surface area (Å²) in [7, 11) is 0. The molecular weight excluding hydrogens is 302 g/mol.